The molecule has 0 bridgehead atoms. The zero-order valence-corrected chi connectivity index (χ0v) is 13.1. The van der Waals surface area contributed by atoms with E-state index in [-0.39, 0.29) is 0 Å². The fourth-order valence-electron chi connectivity index (χ4n) is 2.77. The smallest absolute Gasteiger partial charge is 0.0534 e. The van der Waals surface area contributed by atoms with Gasteiger partial charge in [-0.25, -0.2) is 0 Å². The van der Waals surface area contributed by atoms with Gasteiger partial charge in [0.15, 0.2) is 0 Å². The molecule has 0 spiro atoms. The summed E-state index contributed by atoms with van der Waals surface area (Å²) in [5.74, 6) is 0. The van der Waals surface area contributed by atoms with E-state index in [9.17, 15) is 0 Å². The average Bonchev–Trinajstić information content (AvgIpc) is 3.14. The molecule has 1 saturated heterocycles. The van der Waals surface area contributed by atoms with Gasteiger partial charge in [-0.05, 0) is 31.5 Å². The van der Waals surface area contributed by atoms with Crippen molar-refractivity contribution in [2.24, 2.45) is 0 Å². The van der Waals surface area contributed by atoms with E-state index in [2.05, 4.69) is 34.5 Å². The highest BCUT2D eigenvalue weighted by Gasteiger charge is 2.22. The second-order valence-electron chi connectivity index (χ2n) is 5.50. The van der Waals surface area contributed by atoms with Gasteiger partial charge in [-0.1, -0.05) is 17.7 Å². The Bertz CT molecular complexity index is 595. The van der Waals surface area contributed by atoms with Crippen molar-refractivity contribution in [2.45, 2.75) is 32.5 Å². The van der Waals surface area contributed by atoms with Crippen LogP contribution in [0, 0.1) is 0 Å². The molecule has 1 aromatic heterocycles. The molecular formula is C16H21ClN4. The molecule has 1 aliphatic heterocycles. The number of anilines is 1. The van der Waals surface area contributed by atoms with Crippen molar-refractivity contribution in [1.29, 1.82) is 0 Å². The first-order valence-electron chi connectivity index (χ1n) is 7.50. The summed E-state index contributed by atoms with van der Waals surface area (Å²) in [5.41, 5.74) is 2.46. The van der Waals surface area contributed by atoms with Crippen LogP contribution in [-0.2, 0) is 13.1 Å². The van der Waals surface area contributed by atoms with Gasteiger partial charge >= 0.3 is 0 Å². The lowest BCUT2D eigenvalue weighted by atomic mass is 10.2. The van der Waals surface area contributed by atoms with Crippen molar-refractivity contribution in [2.75, 3.05) is 18.0 Å². The van der Waals surface area contributed by atoms with Gasteiger partial charge in [0.2, 0.25) is 0 Å². The standard InChI is InChI=1S/C16H21ClN4/c1-2-21-11-13(10-19-21)9-18-15-6-7-20(12-15)16-5-3-4-14(17)8-16/h3-5,8,10-11,15,18H,2,6-7,9,12H2,1H3/t15-/m1/s1. The first-order chi connectivity index (χ1) is 10.2. The molecule has 0 radical (unpaired) electrons. The van der Waals surface area contributed by atoms with E-state index in [0.29, 0.717) is 6.04 Å². The highest BCUT2D eigenvalue weighted by Crippen LogP contribution is 2.23. The number of nitrogens with one attached hydrogen (secondary N) is 1. The number of benzene rings is 1. The Labute approximate surface area is 130 Å². The van der Waals surface area contributed by atoms with Gasteiger partial charge < -0.3 is 10.2 Å². The summed E-state index contributed by atoms with van der Waals surface area (Å²) in [4.78, 5) is 2.39. The second-order valence-corrected chi connectivity index (χ2v) is 5.93. The summed E-state index contributed by atoms with van der Waals surface area (Å²) in [6, 6.07) is 8.61. The third kappa shape index (κ3) is 3.57. The Balaban J connectivity index is 1.52. The second kappa shape index (κ2) is 6.50. The molecule has 0 saturated carbocycles. The van der Waals surface area contributed by atoms with Crippen LogP contribution in [0.4, 0.5) is 5.69 Å². The summed E-state index contributed by atoms with van der Waals surface area (Å²) in [6.07, 6.45) is 5.21. The number of rotatable bonds is 5. The molecule has 0 aliphatic carbocycles. The van der Waals surface area contributed by atoms with E-state index in [4.69, 9.17) is 11.6 Å². The maximum absolute atomic E-state index is 6.07. The number of halogens is 1. The molecular weight excluding hydrogens is 284 g/mol. The highest BCUT2D eigenvalue weighted by atomic mass is 35.5. The third-order valence-corrected chi connectivity index (χ3v) is 4.20. The zero-order chi connectivity index (χ0) is 14.7. The predicted molar refractivity (Wildman–Crippen MR) is 86.8 cm³/mol. The fourth-order valence-corrected chi connectivity index (χ4v) is 2.95. The lowest BCUT2D eigenvalue weighted by molar-refractivity contribution is 0.551. The summed E-state index contributed by atoms with van der Waals surface area (Å²) >= 11 is 6.07. The van der Waals surface area contributed by atoms with Gasteiger partial charge in [-0.15, -0.1) is 0 Å². The summed E-state index contributed by atoms with van der Waals surface area (Å²) in [5, 5.41) is 8.73. The fraction of sp³-hybridized carbons (Fsp3) is 0.438. The first kappa shape index (κ1) is 14.4. The number of hydrogen-bond acceptors (Lipinski definition) is 3. The van der Waals surface area contributed by atoms with Crippen LogP contribution in [0.1, 0.15) is 18.9 Å². The van der Waals surface area contributed by atoms with E-state index in [1.165, 1.54) is 11.3 Å². The SMILES string of the molecule is CCn1cc(CN[C@@H]2CCN(c3cccc(Cl)c3)C2)cn1. The van der Waals surface area contributed by atoms with E-state index < -0.39 is 0 Å². The molecule has 1 atom stereocenters. The maximum Gasteiger partial charge on any atom is 0.0534 e. The minimum absolute atomic E-state index is 0.522. The molecule has 0 amide bonds. The molecule has 0 unspecified atom stereocenters. The highest BCUT2D eigenvalue weighted by molar-refractivity contribution is 6.30. The minimum atomic E-state index is 0.522. The van der Waals surface area contributed by atoms with E-state index >= 15 is 0 Å². The van der Waals surface area contributed by atoms with Crippen LogP contribution >= 0.6 is 11.6 Å². The molecule has 21 heavy (non-hydrogen) atoms. The van der Waals surface area contributed by atoms with Crippen molar-refractivity contribution in [3.63, 3.8) is 0 Å². The molecule has 5 heteroatoms. The van der Waals surface area contributed by atoms with Gasteiger partial charge in [0.05, 0.1) is 6.20 Å². The summed E-state index contributed by atoms with van der Waals surface area (Å²) < 4.78 is 1.96. The van der Waals surface area contributed by atoms with Crippen LogP contribution in [0.3, 0.4) is 0 Å². The Kier molecular flexibility index (Phi) is 4.46. The number of nitrogens with zero attached hydrogens (tertiary/aromatic N) is 3. The van der Waals surface area contributed by atoms with Crippen LogP contribution in [0.25, 0.3) is 0 Å². The Morgan fingerprint density at radius 3 is 3.10 bits per heavy atom. The molecule has 1 aromatic carbocycles. The predicted octanol–water partition coefficient (Wildman–Crippen LogP) is 2.92. The molecule has 4 nitrogen and oxygen atoms in total. The van der Waals surface area contributed by atoms with Crippen LogP contribution < -0.4 is 10.2 Å². The molecule has 2 aromatic rings. The van der Waals surface area contributed by atoms with Crippen molar-refractivity contribution < 1.29 is 0 Å². The zero-order valence-electron chi connectivity index (χ0n) is 12.3. The van der Waals surface area contributed by atoms with Crippen molar-refractivity contribution in [1.82, 2.24) is 15.1 Å². The Morgan fingerprint density at radius 1 is 1.43 bits per heavy atom. The molecule has 2 heterocycles. The lowest BCUT2D eigenvalue weighted by Gasteiger charge is -2.19. The number of aromatic nitrogens is 2. The van der Waals surface area contributed by atoms with Gasteiger partial charge in [0, 0.05) is 54.7 Å². The van der Waals surface area contributed by atoms with Crippen LogP contribution in [0.5, 0.6) is 0 Å². The molecule has 1 N–H and O–H groups in total. The van der Waals surface area contributed by atoms with Crippen molar-refractivity contribution >= 4 is 17.3 Å². The Morgan fingerprint density at radius 2 is 2.33 bits per heavy atom. The van der Waals surface area contributed by atoms with E-state index in [0.717, 1.165) is 37.6 Å². The van der Waals surface area contributed by atoms with Gasteiger partial charge in [0.1, 0.15) is 0 Å². The van der Waals surface area contributed by atoms with E-state index in [1.54, 1.807) is 0 Å². The van der Waals surface area contributed by atoms with Gasteiger partial charge in [-0.2, -0.15) is 5.10 Å². The minimum Gasteiger partial charge on any atom is -0.370 e. The molecule has 112 valence electrons. The quantitative estimate of drug-likeness (QED) is 0.922. The average molecular weight is 305 g/mol. The number of hydrogen-bond donors (Lipinski definition) is 1. The Hall–Kier alpha value is -1.52. The monoisotopic (exact) mass is 304 g/mol. The third-order valence-electron chi connectivity index (χ3n) is 3.97. The van der Waals surface area contributed by atoms with E-state index in [1.807, 2.05) is 29.1 Å². The van der Waals surface area contributed by atoms with Crippen LogP contribution in [0.15, 0.2) is 36.7 Å². The van der Waals surface area contributed by atoms with Crippen molar-refractivity contribution in [3.8, 4) is 0 Å². The summed E-state index contributed by atoms with van der Waals surface area (Å²) in [7, 11) is 0. The maximum atomic E-state index is 6.07. The van der Waals surface area contributed by atoms with Gasteiger partial charge in [0.25, 0.3) is 0 Å². The van der Waals surface area contributed by atoms with Crippen LogP contribution in [0.2, 0.25) is 5.02 Å². The van der Waals surface area contributed by atoms with Crippen LogP contribution in [-0.4, -0.2) is 28.9 Å². The molecule has 3 rings (SSSR count). The largest absolute Gasteiger partial charge is 0.370 e. The topological polar surface area (TPSA) is 33.1 Å². The lowest BCUT2D eigenvalue weighted by Crippen LogP contribution is -2.32. The molecule has 1 fully saturated rings. The summed E-state index contributed by atoms with van der Waals surface area (Å²) in [6.45, 7) is 6.01. The normalized spacial score (nSPS) is 18.4. The molecule has 1 aliphatic rings. The van der Waals surface area contributed by atoms with Gasteiger partial charge in [-0.3, -0.25) is 4.68 Å². The number of aryl methyl sites for hydroxylation is 1. The van der Waals surface area contributed by atoms with Crippen molar-refractivity contribution in [3.05, 3.63) is 47.2 Å². The first-order valence-corrected chi connectivity index (χ1v) is 7.87.